The lowest BCUT2D eigenvalue weighted by atomic mass is 9.94. The highest BCUT2D eigenvalue weighted by Gasteiger charge is 2.46. The highest BCUT2D eigenvalue weighted by Crippen LogP contribution is 2.43. The average molecular weight is 438 g/mol. The van der Waals surface area contributed by atoms with E-state index in [2.05, 4.69) is 0 Å². The van der Waals surface area contributed by atoms with Crippen molar-refractivity contribution in [1.29, 1.82) is 0 Å². The van der Waals surface area contributed by atoms with Gasteiger partial charge in [0.25, 0.3) is 11.7 Å². The number of rotatable bonds is 5. The molecule has 31 heavy (non-hydrogen) atoms. The van der Waals surface area contributed by atoms with Crippen LogP contribution in [0.5, 0.6) is 5.75 Å². The third kappa shape index (κ3) is 3.70. The molecule has 2 aromatic carbocycles. The van der Waals surface area contributed by atoms with E-state index in [4.69, 9.17) is 20.8 Å². The highest BCUT2D eigenvalue weighted by atomic mass is 35.5. The number of furan rings is 1. The number of likely N-dealkylation sites (tertiary alicyclic amines) is 1. The first kappa shape index (κ1) is 20.8. The first-order valence-corrected chi connectivity index (χ1v) is 10.0. The van der Waals surface area contributed by atoms with E-state index >= 15 is 0 Å². The Balaban J connectivity index is 1.93. The molecule has 0 aliphatic carbocycles. The molecule has 7 heteroatoms. The predicted octanol–water partition coefficient (Wildman–Crippen LogP) is 4.87. The van der Waals surface area contributed by atoms with Gasteiger partial charge in [-0.25, -0.2) is 0 Å². The van der Waals surface area contributed by atoms with Crippen molar-refractivity contribution in [2.24, 2.45) is 0 Å². The van der Waals surface area contributed by atoms with Crippen molar-refractivity contribution in [1.82, 2.24) is 4.90 Å². The van der Waals surface area contributed by atoms with Crippen molar-refractivity contribution in [3.8, 4) is 5.75 Å². The van der Waals surface area contributed by atoms with Gasteiger partial charge in [-0.2, -0.15) is 0 Å². The Labute approximate surface area is 184 Å². The summed E-state index contributed by atoms with van der Waals surface area (Å²) in [5, 5.41) is 11.6. The van der Waals surface area contributed by atoms with Crippen LogP contribution >= 0.6 is 11.6 Å². The molecule has 6 nitrogen and oxygen atoms in total. The summed E-state index contributed by atoms with van der Waals surface area (Å²) in [5.41, 5.74) is 1.69. The fourth-order valence-corrected chi connectivity index (χ4v) is 4.20. The van der Waals surface area contributed by atoms with Gasteiger partial charge in [0.15, 0.2) is 0 Å². The summed E-state index contributed by atoms with van der Waals surface area (Å²) in [4.78, 5) is 27.5. The van der Waals surface area contributed by atoms with Gasteiger partial charge in [0.2, 0.25) is 0 Å². The minimum Gasteiger partial charge on any atom is -0.507 e. The zero-order chi connectivity index (χ0) is 22.1. The van der Waals surface area contributed by atoms with Crippen LogP contribution < -0.4 is 4.74 Å². The van der Waals surface area contributed by atoms with E-state index < -0.39 is 17.7 Å². The van der Waals surface area contributed by atoms with E-state index in [1.807, 2.05) is 25.1 Å². The molecule has 2 heterocycles. The predicted molar refractivity (Wildman–Crippen MR) is 116 cm³/mol. The Morgan fingerprint density at radius 3 is 2.55 bits per heavy atom. The van der Waals surface area contributed by atoms with E-state index in [1.165, 1.54) is 18.3 Å². The lowest BCUT2D eigenvalue weighted by Gasteiger charge is -2.24. The second-order valence-electron chi connectivity index (χ2n) is 7.24. The van der Waals surface area contributed by atoms with Crippen molar-refractivity contribution < 1.29 is 23.8 Å². The molecule has 1 aliphatic rings. The Hall–Kier alpha value is -3.51. The quantitative estimate of drug-likeness (QED) is 0.350. The third-order valence-corrected chi connectivity index (χ3v) is 5.49. The highest BCUT2D eigenvalue weighted by molar-refractivity contribution is 6.46. The molecule has 0 bridgehead atoms. The van der Waals surface area contributed by atoms with E-state index in [0.29, 0.717) is 16.3 Å². The molecular formula is C24H20ClNO5. The number of aliphatic hydroxyl groups excluding tert-OH is 1. The van der Waals surface area contributed by atoms with Gasteiger partial charge < -0.3 is 19.2 Å². The number of aliphatic hydroxyl groups is 1. The van der Waals surface area contributed by atoms with Crippen molar-refractivity contribution in [2.75, 3.05) is 7.11 Å². The van der Waals surface area contributed by atoms with Crippen LogP contribution in [-0.4, -0.2) is 28.8 Å². The van der Waals surface area contributed by atoms with Gasteiger partial charge in [0, 0.05) is 0 Å². The summed E-state index contributed by atoms with van der Waals surface area (Å²) < 4.78 is 10.8. The molecule has 1 amide bonds. The number of aryl methyl sites for hydroxylation is 1. The Kier molecular flexibility index (Phi) is 5.57. The number of hydrogen-bond donors (Lipinski definition) is 1. The number of Topliss-reactive ketones (excluding diaryl/α,β-unsaturated/α-hetero) is 1. The topological polar surface area (TPSA) is 80.0 Å². The Bertz CT molecular complexity index is 1170. The van der Waals surface area contributed by atoms with Crippen molar-refractivity contribution in [3.63, 3.8) is 0 Å². The summed E-state index contributed by atoms with van der Waals surface area (Å²) in [5.74, 6) is -1.08. The first-order chi connectivity index (χ1) is 14.9. The second kappa shape index (κ2) is 8.32. The molecular weight excluding hydrogens is 418 g/mol. The molecule has 1 fully saturated rings. The van der Waals surface area contributed by atoms with E-state index in [1.54, 1.807) is 36.4 Å². The molecule has 1 aromatic heterocycles. The minimum atomic E-state index is -0.796. The largest absolute Gasteiger partial charge is 0.507 e. The van der Waals surface area contributed by atoms with Gasteiger partial charge in [-0.05, 0) is 42.3 Å². The number of ketones is 1. The minimum absolute atomic E-state index is 0.0253. The number of hydrogen-bond acceptors (Lipinski definition) is 5. The Morgan fingerprint density at radius 1 is 1.16 bits per heavy atom. The van der Waals surface area contributed by atoms with E-state index in [0.717, 1.165) is 5.56 Å². The molecule has 1 N–H and O–H groups in total. The normalized spacial score (nSPS) is 17.9. The molecule has 158 valence electrons. The molecule has 1 saturated heterocycles. The molecule has 3 aromatic rings. The fraction of sp³-hybridized carbons (Fsp3) is 0.167. The summed E-state index contributed by atoms with van der Waals surface area (Å²) in [6.45, 7) is 1.89. The zero-order valence-corrected chi connectivity index (χ0v) is 17.7. The number of amides is 1. The van der Waals surface area contributed by atoms with E-state index in [-0.39, 0.29) is 29.2 Å². The molecule has 1 aliphatic heterocycles. The van der Waals surface area contributed by atoms with Gasteiger partial charge in [0.05, 0.1) is 42.1 Å². The molecule has 0 saturated carbocycles. The van der Waals surface area contributed by atoms with Crippen LogP contribution in [-0.2, 0) is 16.1 Å². The zero-order valence-electron chi connectivity index (χ0n) is 17.0. The number of ether oxygens (including phenoxy) is 1. The summed E-state index contributed by atoms with van der Waals surface area (Å²) >= 11 is 6.29. The molecule has 0 radical (unpaired) electrons. The van der Waals surface area contributed by atoms with Gasteiger partial charge in [0.1, 0.15) is 17.3 Å². The van der Waals surface area contributed by atoms with Gasteiger partial charge in [-0.3, -0.25) is 9.59 Å². The molecule has 1 atom stereocenters. The number of methoxy groups -OCH3 is 1. The molecule has 4 rings (SSSR count). The summed E-state index contributed by atoms with van der Waals surface area (Å²) in [7, 11) is 1.43. The van der Waals surface area contributed by atoms with Crippen molar-refractivity contribution >= 4 is 29.1 Å². The van der Waals surface area contributed by atoms with Crippen LogP contribution in [0.25, 0.3) is 5.76 Å². The van der Waals surface area contributed by atoms with E-state index in [9.17, 15) is 14.7 Å². The molecule has 0 spiro atoms. The number of carbonyl (C=O) groups is 2. The summed E-state index contributed by atoms with van der Waals surface area (Å²) in [6.07, 6.45) is 1.50. The second-order valence-corrected chi connectivity index (χ2v) is 7.65. The maximum absolute atomic E-state index is 13.1. The van der Waals surface area contributed by atoms with Crippen LogP contribution in [0.15, 0.2) is 70.9 Å². The number of nitrogens with zero attached hydrogens (tertiary/aromatic N) is 1. The molecule has 1 unspecified atom stereocenters. The SMILES string of the molecule is COc1c(Cl)cc(C)cc1/C(O)=C1\C(=O)C(=O)N(Cc2ccco2)C1c1ccccc1. The lowest BCUT2D eigenvalue weighted by Crippen LogP contribution is -2.29. The van der Waals surface area contributed by atoms with Crippen LogP contribution in [0.3, 0.4) is 0 Å². The van der Waals surface area contributed by atoms with Crippen LogP contribution in [0, 0.1) is 6.92 Å². The maximum atomic E-state index is 13.1. The van der Waals surface area contributed by atoms with Crippen molar-refractivity contribution in [2.45, 2.75) is 19.5 Å². The lowest BCUT2D eigenvalue weighted by molar-refractivity contribution is -0.140. The van der Waals surface area contributed by atoms with Crippen LogP contribution in [0.1, 0.15) is 28.5 Å². The van der Waals surface area contributed by atoms with Crippen LogP contribution in [0.4, 0.5) is 0 Å². The summed E-state index contributed by atoms with van der Waals surface area (Å²) in [6, 6.07) is 15.1. The monoisotopic (exact) mass is 437 g/mol. The standard InChI is InChI=1S/C24H20ClNO5/c1-14-11-17(23(30-2)18(25)12-14)21(27)19-20(15-7-4-3-5-8-15)26(24(29)22(19)28)13-16-9-6-10-31-16/h3-12,20,27H,13H2,1-2H3/b21-19+. The Morgan fingerprint density at radius 2 is 1.90 bits per heavy atom. The van der Waals surface area contributed by atoms with Gasteiger partial charge >= 0.3 is 0 Å². The average Bonchev–Trinajstić information content (AvgIpc) is 3.36. The number of halogens is 1. The first-order valence-electron chi connectivity index (χ1n) is 9.62. The maximum Gasteiger partial charge on any atom is 0.296 e. The van der Waals surface area contributed by atoms with Crippen molar-refractivity contribution in [3.05, 3.63) is 93.9 Å². The number of benzene rings is 2. The van der Waals surface area contributed by atoms with Crippen LogP contribution in [0.2, 0.25) is 5.02 Å². The third-order valence-electron chi connectivity index (χ3n) is 5.21. The number of carbonyl (C=O) groups excluding carboxylic acids is 2. The smallest absolute Gasteiger partial charge is 0.296 e. The fourth-order valence-electron chi connectivity index (χ4n) is 3.85. The van der Waals surface area contributed by atoms with Gasteiger partial charge in [-0.15, -0.1) is 0 Å². The van der Waals surface area contributed by atoms with Gasteiger partial charge in [-0.1, -0.05) is 41.9 Å².